The van der Waals surface area contributed by atoms with Crippen molar-refractivity contribution in [2.75, 3.05) is 12.3 Å². The highest BCUT2D eigenvalue weighted by atomic mass is 32.1. The topological polar surface area (TPSA) is 179 Å². The Morgan fingerprint density at radius 3 is 2.84 bits per heavy atom. The zero-order chi connectivity index (χ0) is 22.6. The Morgan fingerprint density at radius 2 is 2.16 bits per heavy atom. The number of aliphatic hydroxyl groups excluding tert-OH is 2. The maximum atomic E-state index is 12.2. The number of aliphatic hydroxyl groups is 2. The molecule has 32 heavy (non-hydrogen) atoms. The predicted molar refractivity (Wildman–Crippen MR) is 115 cm³/mol. The molecule has 12 nitrogen and oxygen atoms in total. The van der Waals surface area contributed by atoms with Crippen LogP contribution in [0.2, 0.25) is 0 Å². The molecule has 0 bridgehead atoms. The number of rotatable bonds is 7. The van der Waals surface area contributed by atoms with Gasteiger partial charge in [0.25, 0.3) is 0 Å². The maximum Gasteiger partial charge on any atom is 0.394 e. The van der Waals surface area contributed by atoms with Crippen LogP contribution in [-0.4, -0.2) is 65.4 Å². The van der Waals surface area contributed by atoms with E-state index in [9.17, 15) is 24.9 Å². The number of nitrogens with zero attached hydrogens (tertiary/aromatic N) is 4. The van der Waals surface area contributed by atoms with Crippen molar-refractivity contribution in [2.24, 2.45) is 0 Å². The van der Waals surface area contributed by atoms with Crippen LogP contribution in [0.4, 0.5) is 5.82 Å². The lowest BCUT2D eigenvalue weighted by molar-refractivity contribution is -0.0492. The van der Waals surface area contributed by atoms with Crippen molar-refractivity contribution in [1.82, 2.24) is 19.4 Å². The lowest BCUT2D eigenvalue weighted by atomic mass is 10.1. The molecule has 2 aliphatic rings. The fraction of sp³-hybridized carbons (Fsp3) is 0.444. The minimum atomic E-state index is -4.58. The van der Waals surface area contributed by atoms with Crippen LogP contribution in [-0.2, 0) is 13.8 Å². The van der Waals surface area contributed by atoms with Gasteiger partial charge in [-0.25, -0.2) is 14.5 Å². The van der Waals surface area contributed by atoms with Crippen LogP contribution in [0, 0.1) is 5.21 Å². The number of ether oxygens (including phenoxy) is 1. The van der Waals surface area contributed by atoms with Gasteiger partial charge in [0.05, 0.1) is 12.0 Å². The molecule has 1 saturated heterocycles. The minimum absolute atomic E-state index is 0.0640. The third-order valence-corrected chi connectivity index (χ3v) is 7.59. The summed E-state index contributed by atoms with van der Waals surface area (Å²) in [5.41, 5.74) is 8.10. The summed E-state index contributed by atoms with van der Waals surface area (Å²) in [6, 6.07) is 1.37. The number of fused-ring (bicyclic) bond motifs is 1. The minimum Gasteiger partial charge on any atom is -0.776 e. The number of hydroxylamine groups is 1. The van der Waals surface area contributed by atoms with E-state index in [1.54, 1.807) is 6.20 Å². The number of aromatic nitrogens is 3. The monoisotopic (exact) mass is 482 g/mol. The molecule has 1 saturated carbocycles. The molecule has 5 N–H and O–H groups in total. The van der Waals surface area contributed by atoms with Gasteiger partial charge in [0.2, 0.25) is 0 Å². The first kappa shape index (κ1) is 21.9. The van der Waals surface area contributed by atoms with Crippen LogP contribution in [0.1, 0.15) is 19.1 Å². The first-order valence-corrected chi connectivity index (χ1v) is 12.3. The summed E-state index contributed by atoms with van der Waals surface area (Å²) in [5.74, 6) is 0.250. The van der Waals surface area contributed by atoms with E-state index in [1.165, 1.54) is 22.2 Å². The summed E-state index contributed by atoms with van der Waals surface area (Å²) in [6.07, 6.45) is -1.01. The van der Waals surface area contributed by atoms with Gasteiger partial charge in [-0.2, -0.15) is 11.3 Å². The van der Waals surface area contributed by atoms with Crippen LogP contribution < -0.4 is 5.73 Å². The molecular weight excluding hydrogens is 461 g/mol. The first-order valence-electron chi connectivity index (χ1n) is 9.87. The molecule has 3 aromatic rings. The van der Waals surface area contributed by atoms with E-state index in [4.69, 9.17) is 15.0 Å². The molecular formula is C18H21N5O7PS-. The van der Waals surface area contributed by atoms with E-state index >= 15 is 0 Å². The van der Waals surface area contributed by atoms with E-state index in [0.717, 1.165) is 11.1 Å². The number of thiophene rings is 1. The zero-order valence-electron chi connectivity index (χ0n) is 16.6. The van der Waals surface area contributed by atoms with Crippen molar-refractivity contribution < 1.29 is 28.9 Å². The van der Waals surface area contributed by atoms with Crippen molar-refractivity contribution in [2.45, 2.75) is 43.4 Å². The Bertz CT molecular complexity index is 1170. The molecule has 5 rings (SSSR count). The fourth-order valence-electron chi connectivity index (χ4n) is 3.76. The molecule has 0 radical (unpaired) electrons. The van der Waals surface area contributed by atoms with Gasteiger partial charge in [-0.05, 0) is 35.2 Å². The van der Waals surface area contributed by atoms with E-state index in [-0.39, 0.29) is 10.7 Å². The second-order valence-corrected chi connectivity index (χ2v) is 10.2. The van der Waals surface area contributed by atoms with Crippen LogP contribution in [0.3, 0.4) is 0 Å². The Hall–Kier alpha value is -1.93. The van der Waals surface area contributed by atoms with Crippen molar-refractivity contribution >= 4 is 35.9 Å². The van der Waals surface area contributed by atoms with Gasteiger partial charge in [-0.3, -0.25) is 9.36 Å². The SMILES string of the molecule is Nc1ncnc2c1c(-c1ccsc1)cn2C1O[C@H](COP(=O)(O)N([O-])C2CC2)C(O)C1O. The molecule has 14 heteroatoms. The zero-order valence-corrected chi connectivity index (χ0v) is 18.3. The van der Waals surface area contributed by atoms with Gasteiger partial charge >= 0.3 is 7.75 Å². The molecule has 1 aliphatic carbocycles. The number of hydrogen-bond donors (Lipinski definition) is 4. The molecule has 0 aromatic carbocycles. The Kier molecular flexibility index (Phi) is 5.56. The number of hydrogen-bond acceptors (Lipinski definition) is 10. The highest BCUT2D eigenvalue weighted by molar-refractivity contribution is 7.50. The molecule has 0 spiro atoms. The molecule has 2 fully saturated rings. The van der Waals surface area contributed by atoms with Gasteiger partial charge in [-0.15, -0.1) is 0 Å². The second kappa shape index (κ2) is 8.13. The summed E-state index contributed by atoms with van der Waals surface area (Å²) < 4.78 is 24.4. The quantitative estimate of drug-likeness (QED) is 0.283. The Morgan fingerprint density at radius 1 is 1.38 bits per heavy atom. The molecule has 5 atom stereocenters. The standard InChI is InChI=1S/C18H21N5O7PS/c19-16-13-11(9-3-4-32-7-9)5-22(17(13)21-8-20-16)18-15(25)14(24)12(30-18)6-29-31(27,28)23(26)10-1-2-10/h3-5,7-8,10,12,14-15,18,24-25H,1-2,6H2,(H,27,28)(H2,19,20,21)/q-1/t12-,14?,15?,18?/m1/s1. The summed E-state index contributed by atoms with van der Waals surface area (Å²) >= 11 is 1.50. The van der Waals surface area contributed by atoms with Crippen molar-refractivity contribution in [3.8, 4) is 11.1 Å². The molecule has 4 unspecified atom stereocenters. The average molecular weight is 482 g/mol. The Labute approximate surface area is 186 Å². The Balaban J connectivity index is 1.42. The third kappa shape index (κ3) is 3.75. The van der Waals surface area contributed by atoms with Crippen molar-refractivity contribution in [3.05, 3.63) is 34.6 Å². The van der Waals surface area contributed by atoms with Gasteiger partial charge in [0.15, 0.2) is 6.23 Å². The van der Waals surface area contributed by atoms with Gasteiger partial charge in [0, 0.05) is 17.8 Å². The maximum absolute atomic E-state index is 12.2. The van der Waals surface area contributed by atoms with Crippen LogP contribution in [0.25, 0.3) is 22.2 Å². The van der Waals surface area contributed by atoms with E-state index in [1.807, 2.05) is 16.8 Å². The summed E-state index contributed by atoms with van der Waals surface area (Å²) in [6.45, 7) is -0.554. The highest BCUT2D eigenvalue weighted by Gasteiger charge is 2.46. The lowest BCUT2D eigenvalue weighted by Crippen LogP contribution is -2.34. The van der Waals surface area contributed by atoms with Crippen LogP contribution >= 0.6 is 19.1 Å². The smallest absolute Gasteiger partial charge is 0.394 e. The molecule has 4 heterocycles. The summed E-state index contributed by atoms with van der Waals surface area (Å²) in [7, 11) is -4.58. The highest BCUT2D eigenvalue weighted by Crippen LogP contribution is 2.52. The molecule has 0 amide bonds. The van der Waals surface area contributed by atoms with Gasteiger partial charge in [0.1, 0.15) is 36.1 Å². The second-order valence-electron chi connectivity index (χ2n) is 7.79. The first-order chi connectivity index (χ1) is 15.3. The molecule has 3 aromatic heterocycles. The third-order valence-electron chi connectivity index (χ3n) is 5.60. The van der Waals surface area contributed by atoms with Gasteiger partial charge in [-0.1, -0.05) is 0 Å². The van der Waals surface area contributed by atoms with E-state index in [0.29, 0.717) is 23.9 Å². The largest absolute Gasteiger partial charge is 0.776 e. The normalized spacial score (nSPS) is 27.9. The number of nitrogen functional groups attached to an aromatic ring is 1. The van der Waals surface area contributed by atoms with Crippen LogP contribution in [0.5, 0.6) is 0 Å². The van der Waals surface area contributed by atoms with Gasteiger partial charge < -0.3 is 35.4 Å². The molecule has 172 valence electrons. The van der Waals surface area contributed by atoms with E-state index in [2.05, 4.69) is 9.97 Å². The molecule has 1 aliphatic heterocycles. The summed E-state index contributed by atoms with van der Waals surface area (Å²) in [5, 5.41) is 37.4. The van der Waals surface area contributed by atoms with Crippen molar-refractivity contribution in [1.29, 1.82) is 0 Å². The average Bonchev–Trinajstić information content (AvgIpc) is 3.20. The van der Waals surface area contributed by atoms with E-state index < -0.39 is 44.9 Å². The fourth-order valence-corrected chi connectivity index (χ4v) is 5.52. The van der Waals surface area contributed by atoms with Crippen LogP contribution in [0.15, 0.2) is 29.4 Å². The predicted octanol–water partition coefficient (Wildman–Crippen LogP) is 1.44. The lowest BCUT2D eigenvalue weighted by Gasteiger charge is -2.32. The number of anilines is 1. The summed E-state index contributed by atoms with van der Waals surface area (Å²) in [4.78, 5) is 18.3. The van der Waals surface area contributed by atoms with Crippen molar-refractivity contribution in [3.63, 3.8) is 0 Å². The number of nitrogens with two attached hydrogens (primary N) is 1.